The smallest absolute Gasteiger partial charge is 0.432 e. The van der Waals surface area contributed by atoms with Crippen molar-refractivity contribution >= 4 is 34.7 Å². The molecule has 146 valence electrons. The molecule has 2 N–H and O–H groups in total. The maximum atomic E-state index is 11.9. The number of piperidine rings is 1. The zero-order valence-electron chi connectivity index (χ0n) is 15.6. The van der Waals surface area contributed by atoms with Crippen molar-refractivity contribution < 1.29 is 19.2 Å². The van der Waals surface area contributed by atoms with Crippen molar-refractivity contribution in [3.8, 4) is 0 Å². The van der Waals surface area contributed by atoms with Crippen LogP contribution in [0.5, 0.6) is 0 Å². The molecule has 0 radical (unpaired) electrons. The standard InChI is InChI=1S/C18H24N4O4S/c1-18(2,3)14-11-19-15(25-14)5-4-13-10-20-16(27-13)21-17(24)26-22-8-6-12(23)7-9-22/h4-5,10-12,23H,6-9H2,1-3H3,(H,20,21,24)/b5-4+. The second kappa shape index (κ2) is 8.20. The van der Waals surface area contributed by atoms with Gasteiger partial charge in [0.25, 0.3) is 0 Å². The lowest BCUT2D eigenvalue weighted by Crippen LogP contribution is -2.38. The van der Waals surface area contributed by atoms with Gasteiger partial charge in [-0.25, -0.2) is 14.8 Å². The third kappa shape index (κ3) is 5.62. The summed E-state index contributed by atoms with van der Waals surface area (Å²) < 4.78 is 5.71. The number of rotatable bonds is 4. The summed E-state index contributed by atoms with van der Waals surface area (Å²) in [4.78, 5) is 26.4. The maximum absolute atomic E-state index is 11.9. The zero-order chi connectivity index (χ0) is 19.4. The molecule has 8 nitrogen and oxygen atoms in total. The molecule has 0 unspecified atom stereocenters. The molecular formula is C18H24N4O4S. The Bertz CT molecular complexity index is 800. The predicted octanol–water partition coefficient (Wildman–Crippen LogP) is 3.52. The van der Waals surface area contributed by atoms with Gasteiger partial charge in [-0.15, -0.1) is 5.06 Å². The number of hydroxylamine groups is 2. The van der Waals surface area contributed by atoms with Gasteiger partial charge in [-0.1, -0.05) is 32.1 Å². The number of nitrogens with one attached hydrogen (secondary N) is 1. The van der Waals surface area contributed by atoms with E-state index in [-0.39, 0.29) is 11.5 Å². The first-order valence-corrected chi connectivity index (χ1v) is 9.63. The van der Waals surface area contributed by atoms with Gasteiger partial charge in [-0.05, 0) is 18.9 Å². The summed E-state index contributed by atoms with van der Waals surface area (Å²) in [7, 11) is 0. The van der Waals surface area contributed by atoms with Crippen LogP contribution in [0.25, 0.3) is 12.2 Å². The molecule has 0 saturated carbocycles. The van der Waals surface area contributed by atoms with Gasteiger partial charge in [0.15, 0.2) is 5.13 Å². The van der Waals surface area contributed by atoms with Crippen LogP contribution in [0, 0.1) is 0 Å². The molecule has 1 fully saturated rings. The van der Waals surface area contributed by atoms with E-state index < -0.39 is 6.09 Å². The Labute approximate surface area is 161 Å². The molecule has 3 heterocycles. The molecule has 0 bridgehead atoms. The molecule has 27 heavy (non-hydrogen) atoms. The lowest BCUT2D eigenvalue weighted by Gasteiger charge is -2.27. The summed E-state index contributed by atoms with van der Waals surface area (Å²) in [6, 6.07) is 0. The van der Waals surface area contributed by atoms with E-state index in [0.717, 1.165) is 10.6 Å². The number of hydrogen-bond donors (Lipinski definition) is 2. The third-order valence-corrected chi connectivity index (χ3v) is 4.90. The van der Waals surface area contributed by atoms with E-state index in [9.17, 15) is 9.90 Å². The molecule has 9 heteroatoms. The molecule has 0 aliphatic carbocycles. The minimum Gasteiger partial charge on any atom is -0.441 e. The van der Waals surface area contributed by atoms with Crippen molar-refractivity contribution in [1.82, 2.24) is 15.0 Å². The molecule has 0 spiro atoms. The number of oxazole rings is 1. The Balaban J connectivity index is 1.52. The van der Waals surface area contributed by atoms with Crippen LogP contribution in [-0.2, 0) is 10.3 Å². The fourth-order valence-corrected chi connectivity index (χ4v) is 3.15. The second-order valence-electron chi connectivity index (χ2n) is 7.38. The lowest BCUT2D eigenvalue weighted by atomic mass is 9.94. The molecule has 1 aliphatic rings. The Morgan fingerprint density at radius 2 is 2.07 bits per heavy atom. The minimum absolute atomic E-state index is 0.0898. The number of carbonyl (C=O) groups is 1. The lowest BCUT2D eigenvalue weighted by molar-refractivity contribution is -0.122. The normalized spacial score (nSPS) is 16.7. The predicted molar refractivity (Wildman–Crippen MR) is 103 cm³/mol. The Morgan fingerprint density at radius 3 is 2.74 bits per heavy atom. The highest BCUT2D eigenvalue weighted by molar-refractivity contribution is 7.16. The Hall–Kier alpha value is -2.23. The van der Waals surface area contributed by atoms with Crippen LogP contribution in [0.1, 0.15) is 50.1 Å². The van der Waals surface area contributed by atoms with Crippen molar-refractivity contribution in [3.63, 3.8) is 0 Å². The highest BCUT2D eigenvalue weighted by Gasteiger charge is 2.21. The molecule has 2 aromatic rings. The van der Waals surface area contributed by atoms with Gasteiger partial charge < -0.3 is 14.4 Å². The number of aromatic nitrogens is 2. The van der Waals surface area contributed by atoms with Gasteiger partial charge >= 0.3 is 6.09 Å². The SMILES string of the molecule is CC(C)(C)c1cnc(/C=C/c2cnc(NC(=O)ON3CCC(O)CC3)s2)o1. The first-order valence-electron chi connectivity index (χ1n) is 8.82. The summed E-state index contributed by atoms with van der Waals surface area (Å²) >= 11 is 1.32. The Kier molecular flexibility index (Phi) is 5.93. The van der Waals surface area contributed by atoms with Crippen LogP contribution in [0.2, 0.25) is 0 Å². The molecule has 2 aromatic heterocycles. The first-order chi connectivity index (χ1) is 12.8. The third-order valence-electron chi connectivity index (χ3n) is 4.02. The number of amides is 1. The van der Waals surface area contributed by atoms with Gasteiger partial charge in [0.05, 0.1) is 12.3 Å². The number of carbonyl (C=O) groups excluding carboxylic acids is 1. The van der Waals surface area contributed by atoms with Crippen molar-refractivity contribution in [2.75, 3.05) is 18.4 Å². The summed E-state index contributed by atoms with van der Waals surface area (Å²) in [6.45, 7) is 7.23. The fraction of sp³-hybridized carbons (Fsp3) is 0.500. The molecule has 1 amide bonds. The summed E-state index contributed by atoms with van der Waals surface area (Å²) in [5, 5.41) is 14.1. The summed E-state index contributed by atoms with van der Waals surface area (Å²) in [6.07, 6.45) is 7.27. The number of aliphatic hydroxyl groups is 1. The van der Waals surface area contributed by atoms with E-state index in [1.54, 1.807) is 23.5 Å². The minimum atomic E-state index is -0.584. The molecule has 0 atom stereocenters. The fourth-order valence-electron chi connectivity index (χ4n) is 2.45. The molecule has 3 rings (SSSR count). The second-order valence-corrected chi connectivity index (χ2v) is 8.44. The molecule has 1 saturated heterocycles. The number of thiazole rings is 1. The van der Waals surface area contributed by atoms with Gasteiger partial charge in [0, 0.05) is 35.7 Å². The van der Waals surface area contributed by atoms with Crippen LogP contribution in [0.3, 0.4) is 0 Å². The number of hydrogen-bond acceptors (Lipinski definition) is 8. The average molecular weight is 392 g/mol. The van der Waals surface area contributed by atoms with E-state index >= 15 is 0 Å². The van der Waals surface area contributed by atoms with Gasteiger partial charge in [-0.3, -0.25) is 5.32 Å². The van der Waals surface area contributed by atoms with Crippen LogP contribution in [0.15, 0.2) is 16.8 Å². The van der Waals surface area contributed by atoms with Crippen LogP contribution in [-0.4, -0.2) is 45.4 Å². The summed E-state index contributed by atoms with van der Waals surface area (Å²) in [5.41, 5.74) is -0.0898. The topological polar surface area (TPSA) is 101 Å². The number of nitrogens with zero attached hydrogens (tertiary/aromatic N) is 3. The largest absolute Gasteiger partial charge is 0.441 e. The van der Waals surface area contributed by atoms with Gasteiger partial charge in [0.2, 0.25) is 5.89 Å². The van der Waals surface area contributed by atoms with Crippen LogP contribution in [0.4, 0.5) is 9.93 Å². The van der Waals surface area contributed by atoms with Crippen LogP contribution >= 0.6 is 11.3 Å². The van der Waals surface area contributed by atoms with E-state index in [0.29, 0.717) is 37.0 Å². The zero-order valence-corrected chi connectivity index (χ0v) is 16.5. The van der Waals surface area contributed by atoms with Crippen molar-refractivity contribution in [1.29, 1.82) is 0 Å². The van der Waals surface area contributed by atoms with E-state index in [2.05, 4.69) is 36.1 Å². The monoisotopic (exact) mass is 392 g/mol. The quantitative estimate of drug-likeness (QED) is 0.821. The molecule has 1 aliphatic heterocycles. The first kappa shape index (κ1) is 19.5. The summed E-state index contributed by atoms with van der Waals surface area (Å²) in [5.74, 6) is 1.34. The van der Waals surface area contributed by atoms with Crippen LogP contribution < -0.4 is 5.32 Å². The van der Waals surface area contributed by atoms with Gasteiger partial charge in [-0.2, -0.15) is 0 Å². The van der Waals surface area contributed by atoms with Crippen molar-refractivity contribution in [2.45, 2.75) is 45.1 Å². The van der Waals surface area contributed by atoms with E-state index in [1.807, 2.05) is 6.08 Å². The van der Waals surface area contributed by atoms with Crippen molar-refractivity contribution in [3.05, 3.63) is 28.9 Å². The van der Waals surface area contributed by atoms with E-state index in [4.69, 9.17) is 9.25 Å². The highest BCUT2D eigenvalue weighted by atomic mass is 32.1. The molecule has 0 aromatic carbocycles. The van der Waals surface area contributed by atoms with Gasteiger partial charge in [0.1, 0.15) is 5.76 Å². The average Bonchev–Trinajstić information content (AvgIpc) is 3.24. The van der Waals surface area contributed by atoms with Crippen molar-refractivity contribution in [2.24, 2.45) is 0 Å². The Morgan fingerprint density at radius 1 is 1.33 bits per heavy atom. The number of aliphatic hydroxyl groups excluding tert-OH is 1. The number of anilines is 1. The highest BCUT2D eigenvalue weighted by Crippen LogP contribution is 2.24. The molecular weight excluding hydrogens is 368 g/mol. The maximum Gasteiger partial charge on any atom is 0.432 e. The van der Waals surface area contributed by atoms with E-state index in [1.165, 1.54) is 11.3 Å².